The summed E-state index contributed by atoms with van der Waals surface area (Å²) >= 11 is 0. The van der Waals surface area contributed by atoms with Gasteiger partial charge in [0.05, 0.1) is 66.6 Å². The highest BCUT2D eigenvalue weighted by atomic mass is 19.4. The largest absolute Gasteiger partial charge is 0.465 e. The maximum atomic E-state index is 16.3. The molecular formula is C54H62F8N12O8. The summed E-state index contributed by atoms with van der Waals surface area (Å²) in [5.74, 6) is 1.38. The number of halogens is 8. The van der Waals surface area contributed by atoms with Crippen LogP contribution in [0.4, 0.5) is 50.7 Å². The third kappa shape index (κ3) is 12.3. The number of carbonyl (C=O) groups excluding carboxylic acids is 3. The summed E-state index contributed by atoms with van der Waals surface area (Å²) in [6.45, 7) is 3.17. The van der Waals surface area contributed by atoms with E-state index in [-0.39, 0.29) is 16.8 Å². The van der Waals surface area contributed by atoms with Gasteiger partial charge >= 0.3 is 24.5 Å². The molecule has 442 valence electrons. The number of amides is 4. The molecule has 3 saturated carbocycles. The van der Waals surface area contributed by atoms with Crippen molar-refractivity contribution in [2.24, 2.45) is 16.7 Å². The molecule has 0 spiro atoms. The summed E-state index contributed by atoms with van der Waals surface area (Å²) in [4.78, 5) is 66.2. The fourth-order valence-corrected chi connectivity index (χ4v) is 11.2. The average Bonchev–Trinajstić information content (AvgIpc) is 1.49. The van der Waals surface area contributed by atoms with Crippen molar-refractivity contribution in [1.82, 2.24) is 56.2 Å². The Bertz CT molecular complexity index is 3040. The van der Waals surface area contributed by atoms with Gasteiger partial charge in [0.25, 0.3) is 5.91 Å². The molecule has 6 fully saturated rings. The summed E-state index contributed by atoms with van der Waals surface area (Å²) in [5.41, 5.74) is -3.89. The molecule has 4 bridgehead atoms. The number of aliphatic hydroxyl groups excluding tert-OH is 1. The smallest absolute Gasteiger partial charge is 0.407 e. The molecule has 5 heterocycles. The lowest BCUT2D eigenvalue weighted by Crippen LogP contribution is -2.63. The number of hydrogen-bond acceptors (Lipinski definition) is 14. The number of nitrogens with one attached hydrogen (secondary N) is 4. The van der Waals surface area contributed by atoms with Gasteiger partial charge in [-0.2, -0.15) is 26.3 Å². The van der Waals surface area contributed by atoms with Crippen LogP contribution in [0.15, 0.2) is 55.0 Å². The lowest BCUT2D eigenvalue weighted by molar-refractivity contribution is -0.221. The number of piperazine rings is 1. The monoisotopic (exact) mass is 1160 g/mol. The fourth-order valence-electron chi connectivity index (χ4n) is 11.2. The van der Waals surface area contributed by atoms with E-state index in [4.69, 9.17) is 4.74 Å². The van der Waals surface area contributed by atoms with Gasteiger partial charge in [0, 0.05) is 67.3 Å². The van der Waals surface area contributed by atoms with Crippen LogP contribution < -0.4 is 26.3 Å². The molecule has 2 aromatic carbocycles. The third-order valence-corrected chi connectivity index (χ3v) is 16.6. The van der Waals surface area contributed by atoms with E-state index in [1.807, 2.05) is 10.7 Å². The predicted octanol–water partition coefficient (Wildman–Crippen LogP) is 5.43. The molecular weight excluding hydrogens is 1100 g/mol. The van der Waals surface area contributed by atoms with Gasteiger partial charge in [-0.1, -0.05) is 29.2 Å². The van der Waals surface area contributed by atoms with Crippen molar-refractivity contribution >= 4 is 29.9 Å². The number of aromatic nitrogens is 5. The minimum atomic E-state index is -5.24. The van der Waals surface area contributed by atoms with Crippen LogP contribution in [0.3, 0.4) is 0 Å². The molecule has 3 aliphatic carbocycles. The Labute approximate surface area is 465 Å². The zero-order valence-electron chi connectivity index (χ0n) is 45.2. The van der Waals surface area contributed by atoms with E-state index < -0.39 is 108 Å². The average molecular weight is 1160 g/mol. The highest BCUT2D eigenvalue weighted by Crippen LogP contribution is 2.62. The van der Waals surface area contributed by atoms with Crippen LogP contribution in [0.1, 0.15) is 82.1 Å². The lowest BCUT2D eigenvalue weighted by Gasteiger charge is -2.61. The number of hydrogen-bond donors (Lipinski definition) is 6. The van der Waals surface area contributed by atoms with Crippen molar-refractivity contribution in [2.45, 2.75) is 133 Å². The van der Waals surface area contributed by atoms with Crippen molar-refractivity contribution in [2.75, 3.05) is 44.9 Å². The highest BCUT2D eigenvalue weighted by molar-refractivity contribution is 5.87. The van der Waals surface area contributed by atoms with Gasteiger partial charge in [0.1, 0.15) is 29.4 Å². The standard InChI is InChI=1S/C54H62F8N12O8/c1-50(2,53(57,58)59)43(67-49(80)81-5)45(76)65-40(14-30-9-6-29(7-10-30)8-11-31-20-63-47(64-21-31)71-22-34-12-13-35(23-71)74(34)36-27-82-28-36)42(75)26-72(69-46(77)44(66-48(78)79)51(3,4)54(60,61)62)24-37-38(55)15-33(16-39(37)56)41-25-73(70-68-41)52-17-32(18-52)19-52/h6-7,9-10,15-16,20-21,25,32,34-36,40,42-44,66,75H,12-14,17-19,22-24,26-28H2,1-5H3,(H,65,76)(H,67,80)(H,69,77)(H,78,79)/t32?,34?,35?,40-,42-,43+,44+,52?/m0/s1. The van der Waals surface area contributed by atoms with Crippen LogP contribution in [0.2, 0.25) is 0 Å². The van der Waals surface area contributed by atoms with Crippen molar-refractivity contribution in [3.8, 4) is 23.1 Å². The van der Waals surface area contributed by atoms with Gasteiger partial charge in [-0.3, -0.25) is 19.9 Å². The number of ether oxygens (including phenoxy) is 2. The number of alkyl halides is 6. The van der Waals surface area contributed by atoms with Crippen molar-refractivity contribution in [1.29, 1.82) is 0 Å². The number of nitrogens with zero attached hydrogens (tertiary/aromatic N) is 8. The molecule has 6 atom stereocenters. The lowest BCUT2D eigenvalue weighted by atomic mass is 9.50. The van der Waals surface area contributed by atoms with Crippen LogP contribution in [0.5, 0.6) is 0 Å². The van der Waals surface area contributed by atoms with Gasteiger partial charge in [-0.25, -0.2) is 38.0 Å². The molecule has 2 aromatic heterocycles. The Morgan fingerprint density at radius 2 is 1.40 bits per heavy atom. The van der Waals surface area contributed by atoms with Crippen LogP contribution in [-0.2, 0) is 37.6 Å². The first-order valence-corrected chi connectivity index (χ1v) is 26.5. The molecule has 28 heteroatoms. The quantitative estimate of drug-likeness (QED) is 0.0390. The van der Waals surface area contributed by atoms with E-state index in [1.165, 1.54) is 23.6 Å². The fraction of sp³-hybridized carbons (Fsp3) is 0.556. The molecule has 3 saturated heterocycles. The van der Waals surface area contributed by atoms with E-state index in [0.29, 0.717) is 79.4 Å². The van der Waals surface area contributed by atoms with Crippen LogP contribution >= 0.6 is 0 Å². The topological polar surface area (TPSA) is 242 Å². The van der Waals surface area contributed by atoms with Crippen molar-refractivity contribution < 1.29 is 74.0 Å². The Hall–Kier alpha value is -7.22. The molecule has 3 aliphatic heterocycles. The number of fused-ring (bicyclic) bond motifs is 2. The highest BCUT2D eigenvalue weighted by Gasteiger charge is 2.59. The number of rotatable bonds is 19. The minimum absolute atomic E-state index is 0.0591. The molecule has 82 heavy (non-hydrogen) atoms. The molecule has 6 N–H and O–H groups in total. The first kappa shape index (κ1) is 59.4. The Balaban J connectivity index is 0.983. The number of hydrazine groups is 1. The molecule has 4 amide bonds. The number of carbonyl (C=O) groups is 4. The van der Waals surface area contributed by atoms with Gasteiger partial charge < -0.3 is 40.5 Å². The molecule has 10 rings (SSSR count). The molecule has 4 aromatic rings. The Kier molecular flexibility index (Phi) is 16.6. The number of methoxy groups -OCH3 is 1. The molecule has 2 unspecified atom stereocenters. The van der Waals surface area contributed by atoms with E-state index in [9.17, 15) is 55.7 Å². The molecule has 20 nitrogen and oxygen atoms in total. The van der Waals surface area contributed by atoms with Crippen molar-refractivity contribution in [3.05, 3.63) is 88.9 Å². The van der Waals surface area contributed by atoms with Crippen LogP contribution in [0, 0.1) is 40.2 Å². The second-order valence-corrected chi connectivity index (χ2v) is 23.0. The summed E-state index contributed by atoms with van der Waals surface area (Å²) < 4.78 is 131. The zero-order valence-corrected chi connectivity index (χ0v) is 45.2. The van der Waals surface area contributed by atoms with E-state index in [2.05, 4.69) is 52.0 Å². The second kappa shape index (κ2) is 22.8. The first-order valence-electron chi connectivity index (χ1n) is 26.5. The van der Waals surface area contributed by atoms with Crippen molar-refractivity contribution in [3.63, 3.8) is 0 Å². The van der Waals surface area contributed by atoms with Gasteiger partial charge in [0.15, 0.2) is 0 Å². The summed E-state index contributed by atoms with van der Waals surface area (Å²) in [6.07, 6.45) is -6.93. The van der Waals surface area contributed by atoms with E-state index in [1.54, 1.807) is 29.2 Å². The van der Waals surface area contributed by atoms with Crippen LogP contribution in [0.25, 0.3) is 11.3 Å². The Morgan fingerprint density at radius 1 is 0.829 bits per heavy atom. The molecule has 0 radical (unpaired) electrons. The van der Waals surface area contributed by atoms with E-state index >= 15 is 8.78 Å². The summed E-state index contributed by atoms with van der Waals surface area (Å²) in [7, 11) is 0.838. The maximum absolute atomic E-state index is 16.3. The SMILES string of the molecule is COC(=O)N[C@H](C(=O)N[C@@H](Cc1ccc(C#Cc2cnc(N3CC4CCC(C3)N4C3COC3)nc2)cc1)[C@@H](O)CN(Cc1c(F)cc(-c2cn(C34CC(C3)C4)nn2)cc1F)NC(=O)[C@@H](NC(=O)O)C(C)(C)C(F)(F)F)C(C)(C)C(F)(F)F. The van der Waals surface area contributed by atoms with Crippen LogP contribution in [-0.4, -0.2) is 164 Å². The first-order chi connectivity index (χ1) is 38.5. The summed E-state index contributed by atoms with van der Waals surface area (Å²) in [6, 6.07) is 2.28. The maximum Gasteiger partial charge on any atom is 0.407 e. The third-order valence-electron chi connectivity index (χ3n) is 16.6. The number of benzene rings is 2. The predicted molar refractivity (Wildman–Crippen MR) is 275 cm³/mol. The number of carboxylic acid groups (broad SMARTS) is 1. The Morgan fingerprint density at radius 3 is 1.91 bits per heavy atom. The molecule has 6 aliphatic rings. The number of anilines is 1. The van der Waals surface area contributed by atoms with Gasteiger partial charge in [-0.15, -0.1) is 5.10 Å². The van der Waals surface area contributed by atoms with Gasteiger partial charge in [0.2, 0.25) is 11.9 Å². The second-order valence-electron chi connectivity index (χ2n) is 23.0. The number of alkyl carbamates (subject to hydrolysis) is 1. The van der Waals surface area contributed by atoms with E-state index in [0.717, 1.165) is 77.6 Å². The number of aliphatic hydroxyl groups is 1. The summed E-state index contributed by atoms with van der Waals surface area (Å²) in [5, 5.41) is 36.2. The normalized spacial score (nSPS) is 22.3. The zero-order chi connectivity index (χ0) is 59.3. The van der Waals surface area contributed by atoms with Gasteiger partial charge in [-0.05, 0) is 102 Å². The minimum Gasteiger partial charge on any atom is -0.465 e.